The molecule has 1 N–H and O–H groups in total. The molecular formula is C30H22N2O3S2. The number of hydrogen-bond donors (Lipinski definition) is 1. The molecule has 5 heterocycles. The molecular weight excluding hydrogens is 500 g/mol. The van der Waals surface area contributed by atoms with Crippen LogP contribution >= 0.6 is 22.7 Å². The van der Waals surface area contributed by atoms with Gasteiger partial charge in [-0.3, -0.25) is 14.4 Å². The lowest BCUT2D eigenvalue weighted by atomic mass is 9.64. The van der Waals surface area contributed by atoms with E-state index in [0.717, 1.165) is 22.4 Å². The summed E-state index contributed by atoms with van der Waals surface area (Å²) < 4.78 is 0. The van der Waals surface area contributed by atoms with Crippen LogP contribution in [0.5, 0.6) is 0 Å². The predicted molar refractivity (Wildman–Crippen MR) is 148 cm³/mol. The molecule has 37 heavy (non-hydrogen) atoms. The van der Waals surface area contributed by atoms with Gasteiger partial charge < -0.3 is 10.2 Å². The average molecular weight is 523 g/mol. The molecule has 2 aromatic carbocycles. The summed E-state index contributed by atoms with van der Waals surface area (Å²) in [7, 11) is 0. The van der Waals surface area contributed by atoms with Crippen LogP contribution in [0.3, 0.4) is 0 Å². The maximum absolute atomic E-state index is 14.5. The van der Waals surface area contributed by atoms with Gasteiger partial charge in [0.25, 0.3) is 0 Å². The highest BCUT2D eigenvalue weighted by atomic mass is 32.1. The van der Waals surface area contributed by atoms with Gasteiger partial charge in [0.2, 0.25) is 5.91 Å². The molecule has 0 saturated carbocycles. The Morgan fingerprint density at radius 1 is 0.865 bits per heavy atom. The number of para-hydroxylation sites is 2. The molecule has 1 saturated heterocycles. The molecule has 7 rings (SSSR count). The number of rotatable bonds is 4. The molecule has 1 spiro atoms. The number of thiophene rings is 2. The van der Waals surface area contributed by atoms with Crippen molar-refractivity contribution >= 4 is 57.1 Å². The maximum Gasteiger partial charge on any atom is 0.238 e. The third-order valence-electron chi connectivity index (χ3n) is 7.96. The molecule has 4 atom stereocenters. The summed E-state index contributed by atoms with van der Waals surface area (Å²) in [6.07, 6.45) is 2.08. The van der Waals surface area contributed by atoms with E-state index in [-0.39, 0.29) is 17.5 Å². The highest BCUT2D eigenvalue weighted by Gasteiger charge is 2.70. The molecule has 0 radical (unpaired) electrons. The number of anilines is 2. The summed E-state index contributed by atoms with van der Waals surface area (Å²) in [5, 5.41) is 6.81. The van der Waals surface area contributed by atoms with Crippen molar-refractivity contribution in [2.75, 3.05) is 10.2 Å². The highest BCUT2D eigenvalue weighted by molar-refractivity contribution is 7.12. The van der Waals surface area contributed by atoms with E-state index in [1.807, 2.05) is 78.3 Å². The zero-order valence-corrected chi connectivity index (χ0v) is 21.5. The number of nitrogens with one attached hydrogen (secondary N) is 1. The van der Waals surface area contributed by atoms with Crippen LogP contribution < -0.4 is 10.2 Å². The number of amides is 1. The molecule has 4 aromatic rings. The standard InChI is InChI=1S/C30H22N2O3S2/c1-17-16-24-30(19-9-3-4-10-20(19)31-29(30)35)25(27(33)22-12-6-14-36-22)26(28(34)23-13-7-15-37-23)32(24)21-11-5-2-8-18(17)21/h2-16,24-26H,1H3,(H,31,35)/t24-,25+,26-,30-/m0/s1. The van der Waals surface area contributed by atoms with Crippen molar-refractivity contribution in [2.45, 2.75) is 24.4 Å². The largest absolute Gasteiger partial charge is 0.352 e. The monoisotopic (exact) mass is 522 g/mol. The fraction of sp³-hybridized carbons (Fsp3) is 0.167. The number of benzene rings is 2. The second-order valence-electron chi connectivity index (χ2n) is 9.69. The molecule has 1 fully saturated rings. The average Bonchev–Trinajstić information content (AvgIpc) is 3.71. The summed E-state index contributed by atoms with van der Waals surface area (Å²) in [4.78, 5) is 46.3. The molecule has 0 aliphatic carbocycles. The lowest BCUT2D eigenvalue weighted by molar-refractivity contribution is -0.121. The Morgan fingerprint density at radius 2 is 1.54 bits per heavy atom. The molecule has 0 bridgehead atoms. The summed E-state index contributed by atoms with van der Waals surface area (Å²) in [5.41, 5.74) is 3.12. The molecule has 5 nitrogen and oxygen atoms in total. The molecule has 3 aliphatic heterocycles. The van der Waals surface area contributed by atoms with Crippen molar-refractivity contribution in [1.29, 1.82) is 0 Å². The number of ketones is 2. The van der Waals surface area contributed by atoms with E-state index in [0.29, 0.717) is 15.4 Å². The van der Waals surface area contributed by atoms with E-state index in [1.165, 1.54) is 22.7 Å². The smallest absolute Gasteiger partial charge is 0.238 e. The van der Waals surface area contributed by atoms with Crippen molar-refractivity contribution in [3.8, 4) is 0 Å². The van der Waals surface area contributed by atoms with Gasteiger partial charge in [-0.15, -0.1) is 22.7 Å². The second kappa shape index (κ2) is 8.10. The van der Waals surface area contributed by atoms with Gasteiger partial charge in [-0.05, 0) is 53.1 Å². The van der Waals surface area contributed by atoms with Crippen molar-refractivity contribution in [3.63, 3.8) is 0 Å². The van der Waals surface area contributed by atoms with Gasteiger partial charge in [0.15, 0.2) is 11.6 Å². The van der Waals surface area contributed by atoms with Crippen molar-refractivity contribution in [2.24, 2.45) is 5.92 Å². The third kappa shape index (κ3) is 2.92. The van der Waals surface area contributed by atoms with Gasteiger partial charge in [-0.25, -0.2) is 0 Å². The molecule has 182 valence electrons. The van der Waals surface area contributed by atoms with Gasteiger partial charge in [0.1, 0.15) is 11.5 Å². The SMILES string of the molecule is CC1=C[C@@H]2N(c3ccccc31)[C@H](C(=O)c1cccs1)[C@H](C(=O)c1cccs1)[C@@]21C(=O)Nc2ccccc21. The minimum atomic E-state index is -1.26. The Kier molecular flexibility index (Phi) is 4.90. The van der Waals surface area contributed by atoms with E-state index in [1.54, 1.807) is 12.1 Å². The quantitative estimate of drug-likeness (QED) is 0.331. The van der Waals surface area contributed by atoms with E-state index in [9.17, 15) is 14.4 Å². The zero-order valence-electron chi connectivity index (χ0n) is 19.9. The van der Waals surface area contributed by atoms with E-state index >= 15 is 0 Å². The fourth-order valence-electron chi connectivity index (χ4n) is 6.52. The number of fused-ring (bicyclic) bond motifs is 6. The van der Waals surface area contributed by atoms with Crippen LogP contribution in [0.2, 0.25) is 0 Å². The lowest BCUT2D eigenvalue weighted by Crippen LogP contribution is -2.51. The number of carbonyl (C=O) groups excluding carboxylic acids is 3. The predicted octanol–water partition coefficient (Wildman–Crippen LogP) is 6.06. The van der Waals surface area contributed by atoms with Gasteiger partial charge >= 0.3 is 0 Å². The minimum absolute atomic E-state index is 0.133. The van der Waals surface area contributed by atoms with Crippen LogP contribution in [0, 0.1) is 5.92 Å². The summed E-state index contributed by atoms with van der Waals surface area (Å²) in [6.45, 7) is 2.03. The minimum Gasteiger partial charge on any atom is -0.352 e. The number of hydrogen-bond acceptors (Lipinski definition) is 6. The van der Waals surface area contributed by atoms with Crippen LogP contribution in [0.25, 0.3) is 5.57 Å². The lowest BCUT2D eigenvalue weighted by Gasteiger charge is -2.39. The zero-order chi connectivity index (χ0) is 25.3. The summed E-state index contributed by atoms with van der Waals surface area (Å²) in [6, 6.07) is 21.5. The molecule has 0 unspecified atom stereocenters. The normalized spacial score (nSPS) is 25.3. The Hall–Kier alpha value is -3.81. The van der Waals surface area contributed by atoms with E-state index < -0.39 is 23.4 Å². The van der Waals surface area contributed by atoms with Gasteiger partial charge in [0, 0.05) is 16.9 Å². The first-order valence-corrected chi connectivity index (χ1v) is 13.9. The molecule has 2 aromatic heterocycles. The van der Waals surface area contributed by atoms with Crippen LogP contribution in [0.15, 0.2) is 89.6 Å². The summed E-state index contributed by atoms with van der Waals surface area (Å²) in [5.74, 6) is -1.45. The van der Waals surface area contributed by atoms with Crippen LogP contribution in [-0.2, 0) is 10.2 Å². The second-order valence-corrected chi connectivity index (χ2v) is 11.6. The Bertz CT molecular complexity index is 1610. The van der Waals surface area contributed by atoms with Crippen LogP contribution in [0.1, 0.15) is 37.4 Å². The number of nitrogens with zero attached hydrogens (tertiary/aromatic N) is 1. The fourth-order valence-corrected chi connectivity index (χ4v) is 7.93. The highest BCUT2D eigenvalue weighted by Crippen LogP contribution is 2.59. The van der Waals surface area contributed by atoms with Gasteiger partial charge in [-0.2, -0.15) is 0 Å². The van der Waals surface area contributed by atoms with Gasteiger partial charge in [-0.1, -0.05) is 54.6 Å². The van der Waals surface area contributed by atoms with Crippen molar-refractivity contribution < 1.29 is 14.4 Å². The van der Waals surface area contributed by atoms with Crippen LogP contribution in [0.4, 0.5) is 11.4 Å². The number of carbonyl (C=O) groups is 3. The van der Waals surface area contributed by atoms with Crippen LogP contribution in [-0.4, -0.2) is 29.6 Å². The Labute approximate surface area is 222 Å². The molecule has 3 aliphatic rings. The molecule has 7 heteroatoms. The summed E-state index contributed by atoms with van der Waals surface area (Å²) >= 11 is 2.72. The first-order valence-electron chi connectivity index (χ1n) is 12.2. The molecule has 1 amide bonds. The number of Topliss-reactive ketones (excluding diaryl/α,β-unsaturated/α-hetero) is 2. The Balaban J connectivity index is 1.57. The van der Waals surface area contributed by atoms with Crippen molar-refractivity contribution in [3.05, 3.63) is 111 Å². The van der Waals surface area contributed by atoms with Gasteiger partial charge in [0.05, 0.1) is 21.7 Å². The number of allylic oxidation sites excluding steroid dienone is 1. The van der Waals surface area contributed by atoms with E-state index in [4.69, 9.17) is 0 Å². The first kappa shape index (κ1) is 22.4. The topological polar surface area (TPSA) is 66.5 Å². The first-order chi connectivity index (χ1) is 18.0. The van der Waals surface area contributed by atoms with Crippen molar-refractivity contribution in [1.82, 2.24) is 0 Å². The maximum atomic E-state index is 14.5. The van der Waals surface area contributed by atoms with E-state index in [2.05, 4.69) is 16.3 Å². The third-order valence-corrected chi connectivity index (χ3v) is 9.73. The Morgan fingerprint density at radius 3 is 2.27 bits per heavy atom.